The van der Waals surface area contributed by atoms with Gasteiger partial charge in [-0.05, 0) is 22.3 Å². The van der Waals surface area contributed by atoms with Crippen LogP contribution >= 0.6 is 0 Å². The van der Waals surface area contributed by atoms with Crippen molar-refractivity contribution in [2.45, 2.75) is 12.3 Å². The number of ketones is 1. The van der Waals surface area contributed by atoms with E-state index < -0.39 is 0 Å². The minimum Gasteiger partial charge on any atom is -0.294 e. The Morgan fingerprint density at radius 1 is 0.808 bits per heavy atom. The molecule has 0 amide bonds. The molecule has 3 rings (SSSR count). The number of carbonyl (C=O) groups is 1. The molecule has 0 aromatic heterocycles. The van der Waals surface area contributed by atoms with Crippen LogP contribution in [0.1, 0.15) is 22.6 Å². The Labute approximate surface area is 155 Å². The van der Waals surface area contributed by atoms with E-state index in [-0.39, 0.29) is 11.7 Å². The number of Topliss-reactive ketones (excluding diaryl/α,β-unsaturated/α-hetero) is 1. The SMILES string of the molecule is C=C(C(=O)Cc1ccccc1)C(/C=C/c1ccccc1)c1ccccc1. The smallest absolute Gasteiger partial charge is 0.163 e. The Kier molecular flexibility index (Phi) is 5.95. The summed E-state index contributed by atoms with van der Waals surface area (Å²) >= 11 is 0. The van der Waals surface area contributed by atoms with Crippen molar-refractivity contribution in [3.8, 4) is 0 Å². The van der Waals surface area contributed by atoms with Crippen LogP contribution in [0.15, 0.2) is 109 Å². The molecular formula is C25H22O. The van der Waals surface area contributed by atoms with Crippen LogP contribution in [0.3, 0.4) is 0 Å². The van der Waals surface area contributed by atoms with Gasteiger partial charge in [-0.1, -0.05) is 110 Å². The van der Waals surface area contributed by atoms with Crippen LogP contribution < -0.4 is 0 Å². The van der Waals surface area contributed by atoms with Crippen molar-refractivity contribution in [3.63, 3.8) is 0 Å². The summed E-state index contributed by atoms with van der Waals surface area (Å²) < 4.78 is 0. The number of benzene rings is 3. The highest BCUT2D eigenvalue weighted by Gasteiger charge is 2.18. The monoisotopic (exact) mass is 338 g/mol. The maximum Gasteiger partial charge on any atom is 0.163 e. The van der Waals surface area contributed by atoms with E-state index in [1.165, 1.54) is 0 Å². The van der Waals surface area contributed by atoms with E-state index in [0.29, 0.717) is 12.0 Å². The molecule has 3 aromatic rings. The first kappa shape index (κ1) is 17.6. The van der Waals surface area contributed by atoms with E-state index in [1.807, 2.05) is 91.0 Å². The van der Waals surface area contributed by atoms with Gasteiger partial charge in [0.25, 0.3) is 0 Å². The molecule has 0 radical (unpaired) electrons. The molecule has 0 saturated carbocycles. The first-order valence-corrected chi connectivity index (χ1v) is 8.78. The van der Waals surface area contributed by atoms with Crippen molar-refractivity contribution < 1.29 is 4.79 Å². The third-order valence-electron chi connectivity index (χ3n) is 4.38. The Balaban J connectivity index is 1.84. The van der Waals surface area contributed by atoms with Crippen molar-refractivity contribution in [1.82, 2.24) is 0 Å². The zero-order valence-electron chi connectivity index (χ0n) is 14.7. The van der Waals surface area contributed by atoms with Gasteiger partial charge >= 0.3 is 0 Å². The Morgan fingerprint density at radius 3 is 1.96 bits per heavy atom. The lowest BCUT2D eigenvalue weighted by molar-refractivity contribution is -0.115. The van der Waals surface area contributed by atoms with Gasteiger partial charge in [-0.3, -0.25) is 4.79 Å². The molecule has 0 heterocycles. The fourth-order valence-corrected chi connectivity index (χ4v) is 2.93. The van der Waals surface area contributed by atoms with Crippen LogP contribution in [0.25, 0.3) is 6.08 Å². The average Bonchev–Trinajstić information content (AvgIpc) is 2.70. The highest BCUT2D eigenvalue weighted by atomic mass is 16.1. The van der Waals surface area contributed by atoms with Crippen molar-refractivity contribution in [2.75, 3.05) is 0 Å². The lowest BCUT2D eigenvalue weighted by atomic mass is 9.87. The fraction of sp³-hybridized carbons (Fsp3) is 0.0800. The van der Waals surface area contributed by atoms with Crippen LogP contribution in [-0.4, -0.2) is 5.78 Å². The summed E-state index contributed by atoms with van der Waals surface area (Å²) in [6.07, 6.45) is 4.50. The van der Waals surface area contributed by atoms with Crippen LogP contribution in [0.5, 0.6) is 0 Å². The Hall–Kier alpha value is -3.19. The predicted octanol–water partition coefficient (Wildman–Crippen LogP) is 5.85. The van der Waals surface area contributed by atoms with Gasteiger partial charge < -0.3 is 0 Å². The number of carbonyl (C=O) groups excluding carboxylic acids is 1. The zero-order chi connectivity index (χ0) is 18.2. The Bertz CT molecular complexity index is 877. The van der Waals surface area contributed by atoms with E-state index in [9.17, 15) is 4.79 Å². The molecule has 3 aromatic carbocycles. The molecule has 0 saturated heterocycles. The van der Waals surface area contributed by atoms with Gasteiger partial charge in [-0.2, -0.15) is 0 Å². The first-order chi connectivity index (χ1) is 12.7. The zero-order valence-corrected chi connectivity index (χ0v) is 14.7. The summed E-state index contributed by atoms with van der Waals surface area (Å²) in [7, 11) is 0. The predicted molar refractivity (Wildman–Crippen MR) is 109 cm³/mol. The molecule has 0 spiro atoms. The van der Waals surface area contributed by atoms with Crippen LogP contribution in [0.2, 0.25) is 0 Å². The molecule has 1 nitrogen and oxygen atoms in total. The third kappa shape index (κ3) is 4.67. The van der Waals surface area contributed by atoms with Crippen LogP contribution in [-0.2, 0) is 11.2 Å². The van der Waals surface area contributed by atoms with E-state index in [4.69, 9.17) is 0 Å². The molecule has 26 heavy (non-hydrogen) atoms. The highest BCUT2D eigenvalue weighted by Crippen LogP contribution is 2.27. The van der Waals surface area contributed by atoms with E-state index in [1.54, 1.807) is 0 Å². The highest BCUT2D eigenvalue weighted by molar-refractivity contribution is 5.98. The molecule has 0 bridgehead atoms. The topological polar surface area (TPSA) is 17.1 Å². The lowest BCUT2D eigenvalue weighted by Gasteiger charge is -2.16. The largest absolute Gasteiger partial charge is 0.294 e. The molecule has 1 atom stereocenters. The summed E-state index contributed by atoms with van der Waals surface area (Å²) in [6.45, 7) is 4.14. The number of rotatable bonds is 7. The average molecular weight is 338 g/mol. The van der Waals surface area contributed by atoms with Crippen molar-refractivity contribution in [1.29, 1.82) is 0 Å². The molecule has 0 aliphatic heterocycles. The second-order valence-corrected chi connectivity index (χ2v) is 6.27. The van der Waals surface area contributed by atoms with Crippen molar-refractivity contribution >= 4 is 11.9 Å². The fourth-order valence-electron chi connectivity index (χ4n) is 2.93. The quantitative estimate of drug-likeness (QED) is 0.494. The van der Waals surface area contributed by atoms with Crippen molar-refractivity contribution in [2.24, 2.45) is 0 Å². The van der Waals surface area contributed by atoms with Crippen LogP contribution in [0, 0.1) is 0 Å². The summed E-state index contributed by atoms with van der Waals surface area (Å²) in [6, 6.07) is 30.0. The third-order valence-corrected chi connectivity index (χ3v) is 4.38. The van der Waals surface area contributed by atoms with Gasteiger partial charge in [0.05, 0.1) is 0 Å². The second-order valence-electron chi connectivity index (χ2n) is 6.27. The summed E-state index contributed by atoms with van der Waals surface area (Å²) in [5.74, 6) is -0.0598. The van der Waals surface area contributed by atoms with Crippen LogP contribution in [0.4, 0.5) is 0 Å². The summed E-state index contributed by atoms with van der Waals surface area (Å²) in [5, 5.41) is 0. The van der Waals surface area contributed by atoms with Gasteiger partial charge in [-0.25, -0.2) is 0 Å². The molecule has 1 unspecified atom stereocenters. The standard InChI is InChI=1S/C25H22O/c1-20(25(26)19-22-13-7-3-8-14-22)24(23-15-9-4-10-16-23)18-17-21-11-5-2-6-12-21/h2-18,24H,1,19H2/b18-17+. The molecule has 0 aliphatic carbocycles. The molecule has 0 fully saturated rings. The minimum atomic E-state index is -0.132. The van der Waals surface area contributed by atoms with Gasteiger partial charge in [-0.15, -0.1) is 0 Å². The molecular weight excluding hydrogens is 316 g/mol. The molecule has 0 aliphatic rings. The minimum absolute atomic E-state index is 0.0720. The van der Waals surface area contributed by atoms with E-state index in [2.05, 4.69) is 18.7 Å². The maximum atomic E-state index is 12.8. The number of hydrogen-bond donors (Lipinski definition) is 0. The summed E-state index contributed by atoms with van der Waals surface area (Å²) in [5.41, 5.74) is 3.81. The van der Waals surface area contributed by atoms with Gasteiger partial charge in [0.1, 0.15) is 0 Å². The molecule has 128 valence electrons. The van der Waals surface area contributed by atoms with Gasteiger partial charge in [0.2, 0.25) is 0 Å². The van der Waals surface area contributed by atoms with Gasteiger partial charge in [0, 0.05) is 12.3 Å². The van der Waals surface area contributed by atoms with Gasteiger partial charge in [0.15, 0.2) is 5.78 Å². The second kappa shape index (κ2) is 8.77. The maximum absolute atomic E-state index is 12.8. The van der Waals surface area contributed by atoms with E-state index >= 15 is 0 Å². The lowest BCUT2D eigenvalue weighted by Crippen LogP contribution is -2.12. The van der Waals surface area contributed by atoms with E-state index in [0.717, 1.165) is 16.7 Å². The summed E-state index contributed by atoms with van der Waals surface area (Å²) in [4.78, 5) is 12.8. The normalized spacial score (nSPS) is 12.0. The molecule has 1 heteroatoms. The molecule has 0 N–H and O–H groups in total. The number of hydrogen-bond acceptors (Lipinski definition) is 1. The van der Waals surface area contributed by atoms with Crippen molar-refractivity contribution in [3.05, 3.63) is 126 Å². The Morgan fingerprint density at radius 2 is 1.35 bits per heavy atom. The first-order valence-electron chi connectivity index (χ1n) is 8.78. The number of allylic oxidation sites excluding steroid dienone is 2.